The Labute approximate surface area is 164 Å². The van der Waals surface area contributed by atoms with Gasteiger partial charge in [-0.3, -0.25) is 15.2 Å². The molecule has 0 spiro atoms. The predicted molar refractivity (Wildman–Crippen MR) is 106 cm³/mol. The fraction of sp³-hybridized carbons (Fsp3) is 0.167. The standard InChI is InChI=1S/C18H17ClN4O5/c1-10-14(15-3-2-4-16(19)17(15)21-10)5-6-20-18(24)11-7-12(22(25)26)9-13(8-11)23(27)28/h2-4,7-9,21,25-26H,5-6H2,1H3,(H,20,24)/q-2. The average Bonchev–Trinajstić information content (AvgIpc) is 2.98. The van der Waals surface area contributed by atoms with E-state index < -0.39 is 16.8 Å². The summed E-state index contributed by atoms with van der Waals surface area (Å²) >= 11 is 6.19. The topological polar surface area (TPSA) is 138 Å². The van der Waals surface area contributed by atoms with Gasteiger partial charge in [0.15, 0.2) is 0 Å². The van der Waals surface area contributed by atoms with E-state index >= 15 is 0 Å². The molecule has 3 aromatic rings. The quantitative estimate of drug-likeness (QED) is 0.461. The first kappa shape index (κ1) is 19.9. The third-order valence-corrected chi connectivity index (χ3v) is 4.69. The second-order valence-corrected chi connectivity index (χ2v) is 6.59. The minimum atomic E-state index is -0.719. The lowest BCUT2D eigenvalue weighted by atomic mass is 10.1. The highest BCUT2D eigenvalue weighted by molar-refractivity contribution is 6.35. The number of nitrogens with one attached hydrogen (secondary N) is 2. The van der Waals surface area contributed by atoms with Crippen molar-refractivity contribution in [1.29, 1.82) is 0 Å². The summed E-state index contributed by atoms with van der Waals surface area (Å²) in [5.74, 6) is -0.567. The molecule has 0 aliphatic heterocycles. The van der Waals surface area contributed by atoms with Crippen LogP contribution in [0.5, 0.6) is 0 Å². The van der Waals surface area contributed by atoms with Crippen molar-refractivity contribution in [2.24, 2.45) is 0 Å². The summed E-state index contributed by atoms with van der Waals surface area (Å²) < 4.78 is 0. The monoisotopic (exact) mass is 404 g/mol. The molecule has 0 atom stereocenters. The summed E-state index contributed by atoms with van der Waals surface area (Å²) in [5, 5.41) is 43.5. The number of amides is 1. The molecule has 0 bridgehead atoms. The van der Waals surface area contributed by atoms with Gasteiger partial charge in [0.2, 0.25) is 0 Å². The molecule has 0 unspecified atom stereocenters. The van der Waals surface area contributed by atoms with Gasteiger partial charge in [0.25, 0.3) is 5.91 Å². The average molecular weight is 405 g/mol. The normalized spacial score (nSPS) is 10.9. The van der Waals surface area contributed by atoms with Gasteiger partial charge in [-0.25, -0.2) is 0 Å². The number of halogens is 1. The summed E-state index contributed by atoms with van der Waals surface area (Å²) in [5.41, 5.74) is 1.99. The number of anilines is 2. The molecule has 4 N–H and O–H groups in total. The van der Waals surface area contributed by atoms with E-state index in [0.29, 0.717) is 11.4 Å². The highest BCUT2D eigenvalue weighted by Crippen LogP contribution is 2.28. The summed E-state index contributed by atoms with van der Waals surface area (Å²) in [6.07, 6.45) is 0.520. The smallest absolute Gasteiger partial charge is 0.251 e. The predicted octanol–water partition coefficient (Wildman–Crippen LogP) is 3.49. The van der Waals surface area contributed by atoms with Crippen LogP contribution >= 0.6 is 11.6 Å². The number of rotatable bonds is 6. The second kappa shape index (κ2) is 8.05. The second-order valence-electron chi connectivity index (χ2n) is 6.18. The van der Waals surface area contributed by atoms with Crippen LogP contribution in [0.4, 0.5) is 11.4 Å². The van der Waals surface area contributed by atoms with Gasteiger partial charge in [-0.2, -0.15) is 0 Å². The van der Waals surface area contributed by atoms with Crippen LogP contribution in [-0.4, -0.2) is 27.9 Å². The van der Waals surface area contributed by atoms with Gasteiger partial charge in [-0.1, -0.05) is 23.7 Å². The lowest BCUT2D eigenvalue weighted by Crippen LogP contribution is -2.26. The van der Waals surface area contributed by atoms with Crippen molar-refractivity contribution < 1.29 is 15.2 Å². The molecule has 0 aliphatic rings. The Morgan fingerprint density at radius 1 is 1.21 bits per heavy atom. The van der Waals surface area contributed by atoms with Crippen molar-refractivity contribution in [3.05, 3.63) is 68.7 Å². The molecule has 0 aliphatic carbocycles. The zero-order chi connectivity index (χ0) is 20.4. The highest BCUT2D eigenvalue weighted by Gasteiger charge is 2.13. The van der Waals surface area contributed by atoms with Crippen LogP contribution in [0.3, 0.4) is 0 Å². The minimum absolute atomic E-state index is 0.0593. The molecule has 0 saturated carbocycles. The number of hydrogen-bond acceptors (Lipinski definition) is 7. The van der Waals surface area contributed by atoms with E-state index in [9.17, 15) is 15.2 Å². The number of para-hydroxylation sites is 1. The van der Waals surface area contributed by atoms with Crippen molar-refractivity contribution in [1.82, 2.24) is 10.3 Å². The van der Waals surface area contributed by atoms with Crippen molar-refractivity contribution in [2.45, 2.75) is 13.3 Å². The fourth-order valence-corrected chi connectivity index (χ4v) is 3.26. The Bertz CT molecular complexity index is 992. The molecule has 10 heteroatoms. The van der Waals surface area contributed by atoms with E-state index in [0.717, 1.165) is 40.4 Å². The Hall–Kier alpha value is -2.82. The first-order valence-corrected chi connectivity index (χ1v) is 8.67. The molecule has 9 nitrogen and oxygen atoms in total. The molecule has 1 amide bonds. The summed E-state index contributed by atoms with van der Waals surface area (Å²) in [4.78, 5) is 15.6. The maximum absolute atomic E-state index is 12.4. The Kier molecular flexibility index (Phi) is 5.73. The zero-order valence-electron chi connectivity index (χ0n) is 14.8. The molecule has 0 radical (unpaired) electrons. The molecule has 1 aromatic heterocycles. The number of benzene rings is 2. The number of aromatic nitrogens is 1. The number of fused-ring (bicyclic) bond motifs is 1. The molecular weight excluding hydrogens is 388 g/mol. The first-order valence-electron chi connectivity index (χ1n) is 8.29. The maximum atomic E-state index is 12.4. The van der Waals surface area contributed by atoms with Gasteiger partial charge in [-0.15, -0.1) is 5.23 Å². The van der Waals surface area contributed by atoms with Crippen LogP contribution in [0.15, 0.2) is 36.4 Å². The zero-order valence-corrected chi connectivity index (χ0v) is 15.5. The lowest BCUT2D eigenvalue weighted by Gasteiger charge is -2.38. The number of hydrogen-bond donors (Lipinski definition) is 4. The number of H-pyrrole nitrogens is 1. The molecule has 0 saturated heterocycles. The summed E-state index contributed by atoms with van der Waals surface area (Å²) in [6, 6.07) is 8.72. The van der Waals surface area contributed by atoms with E-state index in [1.54, 1.807) is 6.07 Å². The third-order valence-electron chi connectivity index (χ3n) is 4.37. The van der Waals surface area contributed by atoms with Crippen molar-refractivity contribution in [3.63, 3.8) is 0 Å². The van der Waals surface area contributed by atoms with Crippen LogP contribution in [-0.2, 0) is 6.42 Å². The van der Waals surface area contributed by atoms with Gasteiger partial charge < -0.3 is 25.9 Å². The third kappa shape index (κ3) is 4.03. The molecule has 28 heavy (non-hydrogen) atoms. The largest absolute Gasteiger partial charge is 0.769 e. The van der Waals surface area contributed by atoms with Crippen LogP contribution in [0.2, 0.25) is 5.02 Å². The van der Waals surface area contributed by atoms with Crippen molar-refractivity contribution in [3.8, 4) is 0 Å². The van der Waals surface area contributed by atoms with Gasteiger partial charge in [0, 0.05) is 28.9 Å². The number of nitrogens with zero attached hydrogens (tertiary/aromatic N) is 2. The molecule has 0 fully saturated rings. The molecule has 1 heterocycles. The Morgan fingerprint density at radius 2 is 1.93 bits per heavy atom. The Morgan fingerprint density at radius 3 is 2.61 bits per heavy atom. The number of aryl methyl sites for hydroxylation is 1. The molecule has 2 aromatic carbocycles. The lowest BCUT2D eigenvalue weighted by molar-refractivity contribution is 0.0291. The van der Waals surface area contributed by atoms with E-state index in [1.807, 2.05) is 19.1 Å². The van der Waals surface area contributed by atoms with E-state index in [4.69, 9.17) is 22.0 Å². The number of carbonyl (C=O) groups excluding carboxylic acids is 1. The number of carbonyl (C=O) groups is 1. The fourth-order valence-electron chi connectivity index (χ4n) is 3.04. The molecule has 148 valence electrons. The highest BCUT2D eigenvalue weighted by atomic mass is 35.5. The van der Waals surface area contributed by atoms with Crippen molar-refractivity contribution in [2.75, 3.05) is 17.0 Å². The van der Waals surface area contributed by atoms with Gasteiger partial charge in [0.05, 0.1) is 16.2 Å². The summed E-state index contributed by atoms with van der Waals surface area (Å²) in [7, 11) is 0. The molecule has 3 rings (SSSR count). The van der Waals surface area contributed by atoms with Crippen molar-refractivity contribution >= 4 is 39.8 Å². The SMILES string of the molecule is Cc1[nH]c2c(Cl)cccc2c1CCNC(=O)c1cc(N([O-])[O-])cc(N(O)O)c1. The van der Waals surface area contributed by atoms with Crippen LogP contribution in [0.25, 0.3) is 10.9 Å². The van der Waals surface area contributed by atoms with E-state index in [2.05, 4.69) is 10.3 Å². The van der Waals surface area contributed by atoms with E-state index in [1.165, 1.54) is 0 Å². The van der Waals surface area contributed by atoms with Gasteiger partial charge >= 0.3 is 0 Å². The van der Waals surface area contributed by atoms with Gasteiger partial charge in [0.1, 0.15) is 0 Å². The van der Waals surface area contributed by atoms with Crippen LogP contribution in [0.1, 0.15) is 21.6 Å². The minimum Gasteiger partial charge on any atom is -0.769 e. The Balaban J connectivity index is 1.75. The molecular formula is C18H17ClN4O5-2. The summed E-state index contributed by atoms with van der Waals surface area (Å²) in [6.45, 7) is 2.19. The van der Waals surface area contributed by atoms with E-state index in [-0.39, 0.29) is 23.0 Å². The van der Waals surface area contributed by atoms with Gasteiger partial charge in [-0.05, 0) is 43.2 Å². The first-order chi connectivity index (χ1) is 13.3. The van der Waals surface area contributed by atoms with Crippen LogP contribution in [0, 0.1) is 17.3 Å². The number of aromatic amines is 1. The maximum Gasteiger partial charge on any atom is 0.251 e. The van der Waals surface area contributed by atoms with Crippen LogP contribution < -0.4 is 15.8 Å².